The van der Waals surface area contributed by atoms with Crippen molar-refractivity contribution >= 4 is 18.3 Å². The Hall–Kier alpha value is -1.13. The van der Waals surface area contributed by atoms with Crippen molar-refractivity contribution in [2.24, 2.45) is 11.5 Å². The molecule has 4 nitrogen and oxygen atoms in total. The molecule has 0 aliphatic rings. The van der Waals surface area contributed by atoms with Crippen LogP contribution in [0.25, 0.3) is 0 Å². The average molecular weight is 230 g/mol. The summed E-state index contributed by atoms with van der Waals surface area (Å²) in [4.78, 5) is 15.4. The summed E-state index contributed by atoms with van der Waals surface area (Å²) in [6.45, 7) is 3.65. The third-order valence-corrected chi connectivity index (χ3v) is 2.48. The zero-order valence-corrected chi connectivity index (χ0v) is 9.67. The molecular weight excluding hydrogens is 214 g/mol. The monoisotopic (exact) mass is 229 g/mol. The van der Waals surface area contributed by atoms with Gasteiger partial charge in [0.05, 0.1) is 0 Å². The van der Waals surface area contributed by atoms with E-state index in [4.69, 9.17) is 11.5 Å². The number of nitrogens with zero attached hydrogens (tertiary/aromatic N) is 1. The molecular formula is C10H16ClN3O. The zero-order valence-electron chi connectivity index (χ0n) is 8.86. The number of nitrogens with two attached hydrogens (primary N) is 2. The van der Waals surface area contributed by atoms with E-state index in [1.807, 2.05) is 13.8 Å². The normalized spacial score (nSPS) is 13.8. The van der Waals surface area contributed by atoms with Gasteiger partial charge in [0.25, 0.3) is 0 Å². The van der Waals surface area contributed by atoms with Crippen molar-refractivity contribution in [3.8, 4) is 0 Å². The molecule has 1 aromatic rings. The molecule has 0 aliphatic carbocycles. The molecule has 0 saturated carbocycles. The standard InChI is InChI=1S/C10H15N3O.ClH/c1-3-10(12,9(11)14)8-5-4-6-13-7(8)2;/h4-6H,3,12H2,1-2H3,(H2,11,14);1H. The van der Waals surface area contributed by atoms with Crippen LogP contribution in [0.5, 0.6) is 0 Å². The van der Waals surface area contributed by atoms with Crippen LogP contribution in [-0.2, 0) is 10.3 Å². The lowest BCUT2D eigenvalue weighted by Gasteiger charge is -2.25. The maximum Gasteiger partial charge on any atom is 0.242 e. The van der Waals surface area contributed by atoms with Gasteiger partial charge in [-0.15, -0.1) is 12.4 Å². The summed E-state index contributed by atoms with van der Waals surface area (Å²) in [7, 11) is 0. The second-order valence-electron chi connectivity index (χ2n) is 3.33. The van der Waals surface area contributed by atoms with Gasteiger partial charge in [0.2, 0.25) is 5.91 Å². The van der Waals surface area contributed by atoms with Crippen molar-refractivity contribution < 1.29 is 4.79 Å². The molecule has 5 heteroatoms. The molecule has 84 valence electrons. The van der Waals surface area contributed by atoms with Crippen molar-refractivity contribution in [2.45, 2.75) is 25.8 Å². The fourth-order valence-electron chi connectivity index (χ4n) is 1.45. The van der Waals surface area contributed by atoms with Crippen molar-refractivity contribution in [3.05, 3.63) is 29.6 Å². The molecule has 0 spiro atoms. The molecule has 0 saturated heterocycles. The number of hydrogen-bond acceptors (Lipinski definition) is 3. The number of halogens is 1. The second kappa shape index (κ2) is 5.09. The minimum absolute atomic E-state index is 0. The Morgan fingerprint density at radius 1 is 1.60 bits per heavy atom. The molecule has 1 rings (SSSR count). The first-order valence-corrected chi connectivity index (χ1v) is 4.53. The first kappa shape index (κ1) is 13.9. The average Bonchev–Trinajstić information content (AvgIpc) is 2.17. The lowest BCUT2D eigenvalue weighted by molar-refractivity contribution is -0.123. The van der Waals surface area contributed by atoms with E-state index in [9.17, 15) is 4.79 Å². The molecule has 1 amide bonds. The minimum atomic E-state index is -1.10. The highest BCUT2D eigenvalue weighted by molar-refractivity contribution is 5.86. The summed E-state index contributed by atoms with van der Waals surface area (Å²) >= 11 is 0. The zero-order chi connectivity index (χ0) is 10.8. The molecule has 1 aromatic heterocycles. The lowest BCUT2D eigenvalue weighted by atomic mass is 9.87. The molecule has 0 fully saturated rings. The largest absolute Gasteiger partial charge is 0.368 e. The molecule has 15 heavy (non-hydrogen) atoms. The number of rotatable bonds is 3. The lowest BCUT2D eigenvalue weighted by Crippen LogP contribution is -2.49. The van der Waals surface area contributed by atoms with Crippen LogP contribution in [0.3, 0.4) is 0 Å². The Kier molecular flexibility index (Phi) is 4.71. The molecule has 1 heterocycles. The van der Waals surface area contributed by atoms with Crippen LogP contribution in [0.1, 0.15) is 24.6 Å². The van der Waals surface area contributed by atoms with E-state index in [1.165, 1.54) is 0 Å². The highest BCUT2D eigenvalue weighted by atomic mass is 35.5. The third-order valence-electron chi connectivity index (χ3n) is 2.48. The minimum Gasteiger partial charge on any atom is -0.368 e. The van der Waals surface area contributed by atoms with Gasteiger partial charge in [-0.1, -0.05) is 13.0 Å². The van der Waals surface area contributed by atoms with Gasteiger partial charge in [0, 0.05) is 17.5 Å². The summed E-state index contributed by atoms with van der Waals surface area (Å²) in [5.41, 5.74) is 11.6. The number of aryl methyl sites for hydroxylation is 1. The fraction of sp³-hybridized carbons (Fsp3) is 0.400. The Morgan fingerprint density at radius 3 is 2.60 bits per heavy atom. The van der Waals surface area contributed by atoms with Crippen LogP contribution >= 0.6 is 12.4 Å². The van der Waals surface area contributed by atoms with Crippen molar-refractivity contribution in [1.29, 1.82) is 0 Å². The van der Waals surface area contributed by atoms with Gasteiger partial charge >= 0.3 is 0 Å². The number of pyridine rings is 1. The highest BCUT2D eigenvalue weighted by Crippen LogP contribution is 2.23. The summed E-state index contributed by atoms with van der Waals surface area (Å²) in [5, 5.41) is 0. The number of carbonyl (C=O) groups is 1. The van der Waals surface area contributed by atoms with Crippen LogP contribution in [0.2, 0.25) is 0 Å². The smallest absolute Gasteiger partial charge is 0.242 e. The molecule has 0 bridgehead atoms. The van der Waals surface area contributed by atoms with Crippen LogP contribution < -0.4 is 11.5 Å². The molecule has 0 aromatic carbocycles. The van der Waals surface area contributed by atoms with Crippen molar-refractivity contribution in [3.63, 3.8) is 0 Å². The summed E-state index contributed by atoms with van der Waals surface area (Å²) in [6, 6.07) is 3.54. The topological polar surface area (TPSA) is 82.0 Å². The van der Waals surface area contributed by atoms with Crippen LogP contribution in [-0.4, -0.2) is 10.9 Å². The predicted molar refractivity (Wildman–Crippen MR) is 61.6 cm³/mol. The van der Waals surface area contributed by atoms with E-state index in [-0.39, 0.29) is 12.4 Å². The summed E-state index contributed by atoms with van der Waals surface area (Å²) in [5.74, 6) is -0.517. The van der Waals surface area contributed by atoms with E-state index >= 15 is 0 Å². The SMILES string of the molecule is CCC(N)(C(N)=O)c1cccnc1C.Cl. The quantitative estimate of drug-likeness (QED) is 0.807. The van der Waals surface area contributed by atoms with Gasteiger partial charge in [-0.05, 0) is 19.4 Å². The summed E-state index contributed by atoms with van der Waals surface area (Å²) < 4.78 is 0. The molecule has 0 aliphatic heterocycles. The van der Waals surface area contributed by atoms with Gasteiger partial charge in [-0.3, -0.25) is 9.78 Å². The maximum atomic E-state index is 11.3. The highest BCUT2D eigenvalue weighted by Gasteiger charge is 2.33. The Bertz CT molecular complexity index is 356. The van der Waals surface area contributed by atoms with Crippen molar-refractivity contribution in [1.82, 2.24) is 4.98 Å². The van der Waals surface area contributed by atoms with Crippen LogP contribution in [0.15, 0.2) is 18.3 Å². The molecule has 0 radical (unpaired) electrons. The van der Waals surface area contributed by atoms with Crippen LogP contribution in [0.4, 0.5) is 0 Å². The predicted octanol–water partition coefficient (Wildman–Crippen LogP) is 0.861. The van der Waals surface area contributed by atoms with Crippen LogP contribution in [0, 0.1) is 6.92 Å². The number of amides is 1. The van der Waals surface area contributed by atoms with E-state index in [0.717, 1.165) is 5.69 Å². The van der Waals surface area contributed by atoms with E-state index in [0.29, 0.717) is 12.0 Å². The van der Waals surface area contributed by atoms with Gasteiger partial charge < -0.3 is 11.5 Å². The van der Waals surface area contributed by atoms with Gasteiger partial charge in [-0.25, -0.2) is 0 Å². The number of aromatic nitrogens is 1. The van der Waals surface area contributed by atoms with Gasteiger partial charge in [0.15, 0.2) is 0 Å². The Balaban J connectivity index is 0.00000196. The van der Waals surface area contributed by atoms with Gasteiger partial charge in [0.1, 0.15) is 5.54 Å². The number of hydrogen-bond donors (Lipinski definition) is 2. The molecule has 1 unspecified atom stereocenters. The van der Waals surface area contributed by atoms with E-state index in [2.05, 4.69) is 4.98 Å². The first-order valence-electron chi connectivity index (χ1n) is 4.53. The number of carbonyl (C=O) groups excluding carboxylic acids is 1. The Labute approximate surface area is 95.5 Å². The molecule has 4 N–H and O–H groups in total. The van der Waals surface area contributed by atoms with Gasteiger partial charge in [-0.2, -0.15) is 0 Å². The van der Waals surface area contributed by atoms with E-state index in [1.54, 1.807) is 18.3 Å². The number of primary amides is 1. The summed E-state index contributed by atoms with van der Waals surface area (Å²) in [6.07, 6.45) is 2.13. The second-order valence-corrected chi connectivity index (χ2v) is 3.33. The third kappa shape index (κ3) is 2.46. The molecule has 1 atom stereocenters. The van der Waals surface area contributed by atoms with E-state index < -0.39 is 11.4 Å². The maximum absolute atomic E-state index is 11.3. The first-order chi connectivity index (χ1) is 6.52. The van der Waals surface area contributed by atoms with Crippen molar-refractivity contribution in [2.75, 3.05) is 0 Å². The Morgan fingerprint density at radius 2 is 2.20 bits per heavy atom. The fourth-order valence-corrected chi connectivity index (χ4v) is 1.45.